The Hall–Kier alpha value is -0.980. The summed E-state index contributed by atoms with van der Waals surface area (Å²) >= 11 is 0. The van der Waals surface area contributed by atoms with Crippen molar-refractivity contribution in [3.8, 4) is 0 Å². The molecule has 0 heterocycles. The quantitative estimate of drug-likeness (QED) is 0.779. The predicted octanol–water partition coefficient (Wildman–Crippen LogP) is 5.07. The predicted molar refractivity (Wildman–Crippen MR) is 82.6 cm³/mol. The molecule has 0 amide bonds. The molecule has 1 nitrogen and oxygen atoms in total. The molecule has 19 heavy (non-hydrogen) atoms. The fourth-order valence-corrected chi connectivity index (χ4v) is 4.13. The Labute approximate surface area is 117 Å². The number of benzene rings is 1. The number of aryl methyl sites for hydroxylation is 1. The lowest BCUT2D eigenvalue weighted by atomic mass is 9.69. The van der Waals surface area contributed by atoms with Crippen molar-refractivity contribution in [1.29, 1.82) is 0 Å². The summed E-state index contributed by atoms with van der Waals surface area (Å²) in [5.74, 6) is 2.05. The molecule has 0 aliphatic heterocycles. The van der Waals surface area contributed by atoms with Gasteiger partial charge in [-0.3, -0.25) is 0 Å². The summed E-state index contributed by atoms with van der Waals surface area (Å²) < 4.78 is 0. The fraction of sp³-hybridized carbons (Fsp3) is 0.667. The van der Waals surface area contributed by atoms with Crippen LogP contribution in [0.2, 0.25) is 0 Å². The van der Waals surface area contributed by atoms with Gasteiger partial charge in [0, 0.05) is 11.7 Å². The number of hydrogen-bond acceptors (Lipinski definition) is 1. The molecule has 2 aliphatic carbocycles. The second-order valence-electron chi connectivity index (χ2n) is 6.71. The Morgan fingerprint density at radius 1 is 0.947 bits per heavy atom. The SMILES string of the molecule is Cc1cccc(NC2CCC3CCCCC3C2)c1C. The van der Waals surface area contributed by atoms with E-state index in [1.165, 1.54) is 61.8 Å². The summed E-state index contributed by atoms with van der Waals surface area (Å²) in [4.78, 5) is 0. The minimum absolute atomic E-state index is 0.708. The van der Waals surface area contributed by atoms with Crippen LogP contribution in [0.3, 0.4) is 0 Å². The van der Waals surface area contributed by atoms with Crippen molar-refractivity contribution in [2.24, 2.45) is 11.8 Å². The molecule has 3 rings (SSSR count). The van der Waals surface area contributed by atoms with Crippen LogP contribution in [0.25, 0.3) is 0 Å². The highest BCUT2D eigenvalue weighted by Gasteiger charge is 2.32. The van der Waals surface area contributed by atoms with E-state index in [0.717, 1.165) is 11.8 Å². The molecule has 0 spiro atoms. The van der Waals surface area contributed by atoms with Gasteiger partial charge >= 0.3 is 0 Å². The third-order valence-electron chi connectivity index (χ3n) is 5.50. The van der Waals surface area contributed by atoms with E-state index < -0.39 is 0 Å². The monoisotopic (exact) mass is 257 g/mol. The van der Waals surface area contributed by atoms with Gasteiger partial charge in [0.2, 0.25) is 0 Å². The molecule has 104 valence electrons. The minimum atomic E-state index is 0.708. The standard InChI is InChI=1S/C18H27N/c1-13-6-5-9-18(14(13)2)19-17-11-10-15-7-3-4-8-16(15)12-17/h5-6,9,15-17,19H,3-4,7-8,10-12H2,1-2H3. The molecule has 0 saturated heterocycles. The molecule has 2 saturated carbocycles. The summed E-state index contributed by atoms with van der Waals surface area (Å²) in [6, 6.07) is 7.34. The Morgan fingerprint density at radius 2 is 1.74 bits per heavy atom. The molecule has 1 aromatic carbocycles. The zero-order valence-corrected chi connectivity index (χ0v) is 12.4. The van der Waals surface area contributed by atoms with Gasteiger partial charge in [-0.05, 0) is 62.1 Å². The van der Waals surface area contributed by atoms with Crippen LogP contribution in [-0.4, -0.2) is 6.04 Å². The first-order valence-electron chi connectivity index (χ1n) is 8.07. The van der Waals surface area contributed by atoms with Crippen molar-refractivity contribution in [1.82, 2.24) is 0 Å². The van der Waals surface area contributed by atoms with Crippen LogP contribution in [0, 0.1) is 25.7 Å². The Bertz CT molecular complexity index is 437. The van der Waals surface area contributed by atoms with Gasteiger partial charge in [0.1, 0.15) is 0 Å². The number of rotatable bonds is 2. The van der Waals surface area contributed by atoms with Gasteiger partial charge in [-0.25, -0.2) is 0 Å². The van der Waals surface area contributed by atoms with E-state index in [0.29, 0.717) is 6.04 Å². The molecule has 3 unspecified atom stereocenters. The molecular formula is C18H27N. The smallest absolute Gasteiger partial charge is 0.0374 e. The summed E-state index contributed by atoms with van der Waals surface area (Å²) in [5.41, 5.74) is 4.18. The highest BCUT2D eigenvalue weighted by Crippen LogP contribution is 2.41. The largest absolute Gasteiger partial charge is 0.382 e. The van der Waals surface area contributed by atoms with Crippen LogP contribution in [-0.2, 0) is 0 Å². The zero-order valence-electron chi connectivity index (χ0n) is 12.4. The molecule has 0 radical (unpaired) electrons. The maximum atomic E-state index is 3.82. The van der Waals surface area contributed by atoms with E-state index >= 15 is 0 Å². The number of hydrogen-bond donors (Lipinski definition) is 1. The topological polar surface area (TPSA) is 12.0 Å². The van der Waals surface area contributed by atoms with E-state index in [1.54, 1.807) is 0 Å². The zero-order chi connectivity index (χ0) is 13.2. The van der Waals surface area contributed by atoms with E-state index in [4.69, 9.17) is 0 Å². The lowest BCUT2D eigenvalue weighted by Crippen LogP contribution is -2.34. The summed E-state index contributed by atoms with van der Waals surface area (Å²) in [6.45, 7) is 4.45. The van der Waals surface area contributed by atoms with Gasteiger partial charge < -0.3 is 5.32 Å². The average molecular weight is 257 g/mol. The van der Waals surface area contributed by atoms with E-state index in [1.807, 2.05) is 0 Å². The molecule has 2 fully saturated rings. The molecule has 3 atom stereocenters. The fourth-order valence-electron chi connectivity index (χ4n) is 4.13. The van der Waals surface area contributed by atoms with Crippen LogP contribution in [0.4, 0.5) is 5.69 Å². The minimum Gasteiger partial charge on any atom is -0.382 e. The summed E-state index contributed by atoms with van der Waals surface area (Å²) in [6.07, 6.45) is 10.2. The Balaban J connectivity index is 1.66. The van der Waals surface area contributed by atoms with E-state index in [-0.39, 0.29) is 0 Å². The second-order valence-corrected chi connectivity index (χ2v) is 6.71. The van der Waals surface area contributed by atoms with Crippen LogP contribution in [0.5, 0.6) is 0 Å². The van der Waals surface area contributed by atoms with Gasteiger partial charge in [0.15, 0.2) is 0 Å². The Morgan fingerprint density at radius 3 is 2.58 bits per heavy atom. The van der Waals surface area contributed by atoms with Crippen molar-refractivity contribution in [3.63, 3.8) is 0 Å². The van der Waals surface area contributed by atoms with Crippen molar-refractivity contribution < 1.29 is 0 Å². The third-order valence-corrected chi connectivity index (χ3v) is 5.50. The van der Waals surface area contributed by atoms with Gasteiger partial charge in [0.25, 0.3) is 0 Å². The third kappa shape index (κ3) is 2.80. The molecule has 1 N–H and O–H groups in total. The van der Waals surface area contributed by atoms with E-state index in [9.17, 15) is 0 Å². The maximum Gasteiger partial charge on any atom is 0.0374 e. The average Bonchev–Trinajstić information content (AvgIpc) is 2.44. The lowest BCUT2D eigenvalue weighted by Gasteiger charge is -2.40. The van der Waals surface area contributed by atoms with Gasteiger partial charge in [0.05, 0.1) is 0 Å². The van der Waals surface area contributed by atoms with Gasteiger partial charge in [-0.2, -0.15) is 0 Å². The first-order valence-corrected chi connectivity index (χ1v) is 8.07. The Kier molecular flexibility index (Phi) is 3.81. The maximum absolute atomic E-state index is 3.82. The van der Waals surface area contributed by atoms with Gasteiger partial charge in [-0.1, -0.05) is 37.8 Å². The highest BCUT2D eigenvalue weighted by molar-refractivity contribution is 5.54. The molecule has 2 aliphatic rings. The first kappa shape index (κ1) is 13.0. The molecule has 1 heteroatoms. The summed E-state index contributed by atoms with van der Waals surface area (Å²) in [7, 11) is 0. The molecule has 0 bridgehead atoms. The van der Waals surface area contributed by atoms with Crippen LogP contribution in [0.1, 0.15) is 56.1 Å². The molecule has 1 aromatic rings. The molecule has 0 aromatic heterocycles. The lowest BCUT2D eigenvalue weighted by molar-refractivity contribution is 0.162. The van der Waals surface area contributed by atoms with Crippen LogP contribution in [0.15, 0.2) is 18.2 Å². The second kappa shape index (κ2) is 5.56. The van der Waals surface area contributed by atoms with Gasteiger partial charge in [-0.15, -0.1) is 0 Å². The molecular weight excluding hydrogens is 230 g/mol. The summed E-state index contributed by atoms with van der Waals surface area (Å²) in [5, 5.41) is 3.82. The number of nitrogens with one attached hydrogen (secondary N) is 1. The number of anilines is 1. The first-order chi connectivity index (χ1) is 9.24. The van der Waals surface area contributed by atoms with Crippen molar-refractivity contribution >= 4 is 5.69 Å². The normalized spacial score (nSPS) is 30.7. The number of fused-ring (bicyclic) bond motifs is 1. The van der Waals surface area contributed by atoms with Crippen molar-refractivity contribution in [2.75, 3.05) is 5.32 Å². The highest BCUT2D eigenvalue weighted by atomic mass is 14.9. The van der Waals surface area contributed by atoms with Crippen molar-refractivity contribution in [2.45, 2.75) is 64.8 Å². The van der Waals surface area contributed by atoms with Crippen molar-refractivity contribution in [3.05, 3.63) is 29.3 Å². The van der Waals surface area contributed by atoms with Crippen LogP contribution < -0.4 is 5.32 Å². The van der Waals surface area contributed by atoms with Crippen LogP contribution >= 0.6 is 0 Å². The van der Waals surface area contributed by atoms with E-state index in [2.05, 4.69) is 37.4 Å².